The molecule has 0 spiro atoms. The molecule has 0 bridgehead atoms. The van der Waals surface area contributed by atoms with Gasteiger partial charge in [0.25, 0.3) is 15.9 Å². The fraction of sp³-hybridized carbons (Fsp3) is 0.344. The number of benzene rings is 3. The van der Waals surface area contributed by atoms with Crippen LogP contribution in [-0.4, -0.2) is 79.1 Å². The van der Waals surface area contributed by atoms with E-state index in [1.165, 1.54) is 58.9 Å². The highest BCUT2D eigenvalue weighted by molar-refractivity contribution is 7.90. The third-order valence-electron chi connectivity index (χ3n) is 8.80. The third kappa shape index (κ3) is 6.05. The molecule has 3 N–H and O–H groups in total. The number of hydrogen-bond acceptors (Lipinski definition) is 9. The summed E-state index contributed by atoms with van der Waals surface area (Å²) in [5, 5.41) is 23.3. The van der Waals surface area contributed by atoms with Crippen LogP contribution in [0.4, 0.5) is 5.69 Å². The average molecular weight is 683 g/mol. The van der Waals surface area contributed by atoms with Gasteiger partial charge in [-0.25, -0.2) is 21.1 Å². The van der Waals surface area contributed by atoms with Crippen LogP contribution in [0.2, 0.25) is 0 Å². The van der Waals surface area contributed by atoms with Gasteiger partial charge in [-0.3, -0.25) is 19.3 Å². The van der Waals surface area contributed by atoms with Crippen LogP contribution in [0.25, 0.3) is 0 Å². The van der Waals surface area contributed by atoms with Crippen LogP contribution in [0.1, 0.15) is 60.5 Å². The van der Waals surface area contributed by atoms with E-state index < -0.39 is 61.9 Å². The number of nitrogens with one attached hydrogen (secondary N) is 1. The highest BCUT2D eigenvalue weighted by atomic mass is 32.2. The summed E-state index contributed by atoms with van der Waals surface area (Å²) in [5.74, 6) is -3.56. The number of carbonyl (C=O) groups excluding carboxylic acids is 3. The van der Waals surface area contributed by atoms with Crippen LogP contribution < -0.4 is 10.2 Å². The molecule has 3 aromatic carbocycles. The predicted octanol–water partition coefficient (Wildman–Crippen LogP) is 2.86. The van der Waals surface area contributed by atoms with Crippen molar-refractivity contribution >= 4 is 43.5 Å². The average Bonchev–Trinajstić information content (AvgIpc) is 3.82. The number of hydrogen-bond donors (Lipinski definition) is 3. The summed E-state index contributed by atoms with van der Waals surface area (Å²) >= 11 is 0. The van der Waals surface area contributed by atoms with Gasteiger partial charge in [-0.05, 0) is 79.8 Å². The Morgan fingerprint density at radius 1 is 0.915 bits per heavy atom. The molecule has 1 saturated heterocycles. The minimum atomic E-state index is -4.41. The van der Waals surface area contributed by atoms with E-state index in [-0.39, 0.29) is 32.6 Å². The normalized spacial score (nSPS) is 18.6. The Balaban J connectivity index is 1.43. The van der Waals surface area contributed by atoms with Crippen LogP contribution in [0.5, 0.6) is 11.5 Å². The van der Waals surface area contributed by atoms with Gasteiger partial charge < -0.3 is 15.5 Å². The van der Waals surface area contributed by atoms with E-state index in [1.807, 2.05) is 0 Å². The largest absolute Gasteiger partial charge is 0.504 e. The number of amides is 3. The summed E-state index contributed by atoms with van der Waals surface area (Å²) in [6, 6.07) is 12.8. The molecule has 3 aliphatic rings. The smallest absolute Gasteiger partial charge is 0.269 e. The summed E-state index contributed by atoms with van der Waals surface area (Å²) in [6.07, 6.45) is 4.66. The van der Waals surface area contributed by atoms with Crippen LogP contribution in [0, 0.1) is 0 Å². The number of phenols is 2. The molecule has 1 atom stereocenters. The molecular formula is C32H34N4O9S2. The zero-order valence-electron chi connectivity index (χ0n) is 25.3. The van der Waals surface area contributed by atoms with Crippen molar-refractivity contribution in [1.29, 1.82) is 0 Å². The first-order chi connectivity index (χ1) is 22.4. The maximum atomic E-state index is 14.3. The molecule has 1 saturated carbocycles. The molecule has 13 nitrogen and oxygen atoms in total. The third-order valence-corrected chi connectivity index (χ3v) is 12.5. The van der Waals surface area contributed by atoms with E-state index in [4.69, 9.17) is 0 Å². The molecule has 3 aromatic rings. The Morgan fingerprint density at radius 3 is 2.21 bits per heavy atom. The number of nitrogens with zero attached hydrogens (tertiary/aromatic N) is 3. The summed E-state index contributed by atoms with van der Waals surface area (Å²) in [7, 11) is -8.24. The Labute approximate surface area is 272 Å². The zero-order valence-corrected chi connectivity index (χ0v) is 26.9. The van der Waals surface area contributed by atoms with Crippen molar-refractivity contribution in [2.75, 3.05) is 24.5 Å². The number of sulfonamides is 2. The predicted molar refractivity (Wildman–Crippen MR) is 169 cm³/mol. The lowest BCUT2D eigenvalue weighted by Crippen LogP contribution is -2.50. The summed E-state index contributed by atoms with van der Waals surface area (Å²) in [4.78, 5) is 42.4. The standard InChI is InChI=1S/C32H34N4O9S2/c37-26-16-11-21(19-27(26)38)30(31(40)33-22-7-1-2-8-22)36(23-12-14-24(15-13-23)46(42,43)34-17-5-6-18-34)29(39)20-35-32(41)25-9-3-4-10-28(25)47(35,44)45/h3-4,9-16,19,22,30,37-38H,1-2,5-8,17-18,20H2,(H,33,40)/t30-/m1/s1. The van der Waals surface area contributed by atoms with Gasteiger partial charge in [-0.1, -0.05) is 31.0 Å². The molecule has 0 aromatic heterocycles. The van der Waals surface area contributed by atoms with E-state index in [0.29, 0.717) is 30.2 Å². The van der Waals surface area contributed by atoms with Crippen molar-refractivity contribution in [2.45, 2.75) is 60.4 Å². The van der Waals surface area contributed by atoms with Crippen LogP contribution in [0.15, 0.2) is 76.5 Å². The van der Waals surface area contributed by atoms with E-state index in [1.54, 1.807) is 0 Å². The Bertz CT molecular complexity index is 1940. The second-order valence-electron chi connectivity index (χ2n) is 11.8. The lowest BCUT2D eigenvalue weighted by molar-refractivity contribution is -0.127. The monoisotopic (exact) mass is 682 g/mol. The molecule has 0 unspecified atom stereocenters. The van der Waals surface area contributed by atoms with Gasteiger partial charge in [0, 0.05) is 24.8 Å². The summed E-state index contributed by atoms with van der Waals surface area (Å²) in [6.45, 7) is -0.215. The van der Waals surface area contributed by atoms with E-state index in [9.17, 15) is 41.4 Å². The first-order valence-electron chi connectivity index (χ1n) is 15.3. The number of rotatable bonds is 9. The van der Waals surface area contributed by atoms with Crippen molar-refractivity contribution in [3.05, 3.63) is 77.9 Å². The molecule has 47 heavy (non-hydrogen) atoms. The lowest BCUT2D eigenvalue weighted by atomic mass is 10.0. The van der Waals surface area contributed by atoms with E-state index in [0.717, 1.165) is 42.7 Å². The van der Waals surface area contributed by atoms with E-state index in [2.05, 4.69) is 5.32 Å². The van der Waals surface area contributed by atoms with Crippen LogP contribution in [-0.2, 0) is 29.6 Å². The fourth-order valence-electron chi connectivity index (χ4n) is 6.36. The van der Waals surface area contributed by atoms with Crippen molar-refractivity contribution < 1.29 is 41.4 Å². The molecule has 0 radical (unpaired) electrons. The fourth-order valence-corrected chi connectivity index (χ4v) is 9.39. The first-order valence-corrected chi connectivity index (χ1v) is 18.2. The van der Waals surface area contributed by atoms with Gasteiger partial charge in [-0.2, -0.15) is 4.31 Å². The molecule has 15 heteroatoms. The lowest BCUT2D eigenvalue weighted by Gasteiger charge is -2.33. The van der Waals surface area contributed by atoms with Gasteiger partial charge in [0.2, 0.25) is 21.8 Å². The molecule has 2 aliphatic heterocycles. The number of aromatic hydroxyl groups is 2. The van der Waals surface area contributed by atoms with Gasteiger partial charge in [0.05, 0.1) is 10.5 Å². The van der Waals surface area contributed by atoms with Crippen molar-refractivity contribution in [2.24, 2.45) is 0 Å². The highest BCUT2D eigenvalue weighted by Crippen LogP contribution is 2.36. The van der Waals surface area contributed by atoms with Gasteiger partial charge in [-0.15, -0.1) is 0 Å². The first kappa shape index (κ1) is 32.5. The second kappa shape index (κ2) is 12.6. The minimum Gasteiger partial charge on any atom is -0.504 e. The molecule has 6 rings (SSSR count). The number of anilines is 1. The second-order valence-corrected chi connectivity index (χ2v) is 15.6. The number of phenolic OH excluding ortho intramolecular Hbond substituents is 2. The summed E-state index contributed by atoms with van der Waals surface area (Å²) in [5.41, 5.74) is 0.0233. The highest BCUT2D eigenvalue weighted by Gasteiger charge is 2.44. The molecule has 2 fully saturated rings. The van der Waals surface area contributed by atoms with Crippen molar-refractivity contribution in [3.8, 4) is 11.5 Å². The molecule has 3 amide bonds. The number of fused-ring (bicyclic) bond motifs is 1. The maximum Gasteiger partial charge on any atom is 0.269 e. The van der Waals surface area contributed by atoms with Gasteiger partial charge in [0.1, 0.15) is 17.5 Å². The maximum absolute atomic E-state index is 14.3. The number of carbonyl (C=O) groups is 3. The quantitative estimate of drug-likeness (QED) is 0.286. The zero-order chi connectivity index (χ0) is 33.5. The molecular weight excluding hydrogens is 649 g/mol. The van der Waals surface area contributed by atoms with Crippen molar-refractivity contribution in [3.63, 3.8) is 0 Å². The van der Waals surface area contributed by atoms with Gasteiger partial charge >= 0.3 is 0 Å². The summed E-state index contributed by atoms with van der Waals surface area (Å²) < 4.78 is 55.0. The topological polar surface area (TPSA) is 182 Å². The van der Waals surface area contributed by atoms with E-state index >= 15 is 0 Å². The van der Waals surface area contributed by atoms with Crippen LogP contribution in [0.3, 0.4) is 0 Å². The Morgan fingerprint density at radius 2 is 1.57 bits per heavy atom. The molecule has 1 aliphatic carbocycles. The molecule has 248 valence electrons. The SMILES string of the molecule is O=C(NC1CCCC1)[C@@H](c1ccc(O)c(O)c1)N(C(=O)CN1C(=O)c2ccccc2S1(=O)=O)c1ccc(S(=O)(=O)N2CCCC2)cc1. The van der Waals surface area contributed by atoms with Crippen LogP contribution >= 0.6 is 0 Å². The Kier molecular flexibility index (Phi) is 8.72. The molecule has 2 heterocycles. The van der Waals surface area contributed by atoms with Gasteiger partial charge in [0.15, 0.2) is 11.5 Å². The Hall–Kier alpha value is -4.47. The van der Waals surface area contributed by atoms with Crippen molar-refractivity contribution in [1.82, 2.24) is 13.9 Å². The minimum absolute atomic E-state index is 0.0301.